The molecule has 12 nitrogen and oxygen atoms in total. The van der Waals surface area contributed by atoms with Crippen LogP contribution in [0.4, 0.5) is 5.82 Å². The number of carbonyl (C=O) groups is 1. The van der Waals surface area contributed by atoms with Gasteiger partial charge in [-0.25, -0.2) is 19.7 Å². The molecule has 0 aliphatic heterocycles. The zero-order chi connectivity index (χ0) is 28.5. The van der Waals surface area contributed by atoms with Crippen LogP contribution in [0.5, 0.6) is 0 Å². The number of nitrogens with one attached hydrogen (secondary N) is 1. The van der Waals surface area contributed by atoms with Gasteiger partial charge in [-0.1, -0.05) is 60.7 Å². The first-order chi connectivity index (χ1) is 19.9. The van der Waals surface area contributed by atoms with Gasteiger partial charge in [-0.3, -0.25) is 4.68 Å². The van der Waals surface area contributed by atoms with Crippen molar-refractivity contribution in [1.82, 2.24) is 29.3 Å². The predicted molar refractivity (Wildman–Crippen MR) is 148 cm³/mol. The van der Waals surface area contributed by atoms with Crippen LogP contribution >= 0.6 is 0 Å². The molecule has 0 bridgehead atoms. The van der Waals surface area contributed by atoms with Gasteiger partial charge in [0.05, 0.1) is 31.2 Å². The number of aliphatic hydroxyl groups excluding tert-OH is 3. The molecule has 1 fully saturated rings. The zero-order valence-corrected chi connectivity index (χ0v) is 21.9. The SMILES string of the molecule is O=C(O)c1nc(NCC(c2ccccc2)c2ccccc2)c2ncn([C@@H]3C[C@H](n4cc(CO)cn4)C(O)C3O)c2n1. The lowest BCUT2D eigenvalue weighted by molar-refractivity contribution is 0.00719. The molecule has 0 amide bonds. The molecule has 1 saturated carbocycles. The molecule has 210 valence electrons. The van der Waals surface area contributed by atoms with Crippen molar-refractivity contribution < 1.29 is 25.2 Å². The number of imidazole rings is 1. The Labute approximate surface area is 234 Å². The summed E-state index contributed by atoms with van der Waals surface area (Å²) < 4.78 is 3.11. The summed E-state index contributed by atoms with van der Waals surface area (Å²) in [5.74, 6) is -1.51. The molecule has 1 aliphatic carbocycles. The second-order valence-electron chi connectivity index (χ2n) is 10.1. The van der Waals surface area contributed by atoms with Gasteiger partial charge in [0.15, 0.2) is 11.5 Å². The quantitative estimate of drug-likeness (QED) is 0.182. The van der Waals surface area contributed by atoms with Crippen molar-refractivity contribution in [1.29, 1.82) is 0 Å². The molecular weight excluding hydrogens is 526 g/mol. The van der Waals surface area contributed by atoms with Crippen molar-refractivity contribution in [3.8, 4) is 0 Å². The van der Waals surface area contributed by atoms with E-state index in [-0.39, 0.29) is 30.4 Å². The Hall–Kier alpha value is -4.65. The van der Waals surface area contributed by atoms with Gasteiger partial charge in [-0.15, -0.1) is 0 Å². The molecule has 3 heterocycles. The summed E-state index contributed by atoms with van der Waals surface area (Å²) in [5, 5.41) is 48.6. The fraction of sp³-hybridized carbons (Fsp3) is 0.276. The molecule has 2 aromatic carbocycles. The summed E-state index contributed by atoms with van der Waals surface area (Å²) in [6, 6.07) is 18.7. The summed E-state index contributed by atoms with van der Waals surface area (Å²) in [7, 11) is 0. The van der Waals surface area contributed by atoms with Crippen LogP contribution in [0, 0.1) is 0 Å². The van der Waals surface area contributed by atoms with Crippen molar-refractivity contribution in [2.24, 2.45) is 0 Å². The number of rotatable bonds is 9. The number of hydrogen-bond acceptors (Lipinski definition) is 9. The lowest BCUT2D eigenvalue weighted by Crippen LogP contribution is -2.30. The topological polar surface area (TPSA) is 171 Å². The second kappa shape index (κ2) is 11.1. The van der Waals surface area contributed by atoms with E-state index in [1.165, 1.54) is 17.2 Å². The van der Waals surface area contributed by atoms with E-state index in [0.29, 0.717) is 17.6 Å². The Morgan fingerprint density at radius 2 is 1.63 bits per heavy atom. The minimum atomic E-state index is -1.30. The normalized spacial score (nSPS) is 20.6. The van der Waals surface area contributed by atoms with E-state index in [0.717, 1.165) is 11.1 Å². The fourth-order valence-electron chi connectivity index (χ4n) is 5.54. The molecule has 0 spiro atoms. The van der Waals surface area contributed by atoms with E-state index in [4.69, 9.17) is 0 Å². The van der Waals surface area contributed by atoms with Gasteiger partial charge in [0, 0.05) is 24.2 Å². The van der Waals surface area contributed by atoms with Crippen LogP contribution in [0.15, 0.2) is 79.4 Å². The van der Waals surface area contributed by atoms with Crippen molar-refractivity contribution in [3.05, 3.63) is 102 Å². The molecule has 2 unspecified atom stereocenters. The predicted octanol–water partition coefficient (Wildman–Crippen LogP) is 2.37. The fourth-order valence-corrected chi connectivity index (χ4v) is 5.54. The molecule has 12 heteroatoms. The van der Waals surface area contributed by atoms with Gasteiger partial charge in [-0.05, 0) is 17.5 Å². The van der Waals surface area contributed by atoms with Gasteiger partial charge in [-0.2, -0.15) is 5.10 Å². The zero-order valence-electron chi connectivity index (χ0n) is 21.9. The highest BCUT2D eigenvalue weighted by Gasteiger charge is 2.44. The molecule has 1 aliphatic rings. The number of benzene rings is 2. The van der Waals surface area contributed by atoms with Gasteiger partial charge in [0.2, 0.25) is 5.82 Å². The highest BCUT2D eigenvalue weighted by molar-refractivity contribution is 5.90. The summed E-state index contributed by atoms with van der Waals surface area (Å²) in [6.45, 7) is 0.215. The third-order valence-electron chi connectivity index (χ3n) is 7.65. The number of hydrogen-bond donors (Lipinski definition) is 5. The standard InChI is InChI=1S/C29H29N7O5/c37-15-17-12-32-36(14-17)22-11-21(24(38)25(22)39)35-16-31-23-26(33-27(29(40)41)34-28(23)35)30-13-20(18-7-3-1-4-8-18)19-9-5-2-6-10-19/h1-10,12,14,16,20-22,24-25,37-39H,11,13,15H2,(H,40,41)(H,30,33,34)/t21-,22+,24?,25?/m1/s1. The first-order valence-corrected chi connectivity index (χ1v) is 13.3. The molecule has 5 N–H and O–H groups in total. The Bertz CT molecular complexity index is 1620. The Morgan fingerprint density at radius 3 is 2.24 bits per heavy atom. The maximum Gasteiger partial charge on any atom is 0.374 e. The van der Waals surface area contributed by atoms with E-state index in [2.05, 4.69) is 25.4 Å². The van der Waals surface area contributed by atoms with Gasteiger partial charge in [0.25, 0.3) is 0 Å². The third kappa shape index (κ3) is 5.04. The summed E-state index contributed by atoms with van der Waals surface area (Å²) in [5.41, 5.74) is 3.32. The first kappa shape index (κ1) is 26.6. The second-order valence-corrected chi connectivity index (χ2v) is 10.1. The van der Waals surface area contributed by atoms with Crippen molar-refractivity contribution in [2.45, 2.75) is 43.2 Å². The van der Waals surface area contributed by atoms with Gasteiger partial charge in [0.1, 0.15) is 17.7 Å². The molecule has 41 heavy (non-hydrogen) atoms. The molecule has 6 rings (SSSR count). The van der Waals surface area contributed by atoms with E-state index in [9.17, 15) is 25.2 Å². The van der Waals surface area contributed by atoms with Crippen LogP contribution in [0.2, 0.25) is 0 Å². The monoisotopic (exact) mass is 555 g/mol. The number of aromatic carboxylic acids is 1. The van der Waals surface area contributed by atoms with E-state index < -0.39 is 36.1 Å². The number of nitrogens with zero attached hydrogens (tertiary/aromatic N) is 6. The number of aromatic nitrogens is 6. The Morgan fingerprint density at radius 1 is 0.976 bits per heavy atom. The molecule has 3 aromatic heterocycles. The minimum Gasteiger partial charge on any atom is -0.475 e. The van der Waals surface area contributed by atoms with Gasteiger partial charge < -0.3 is 30.3 Å². The van der Waals surface area contributed by atoms with Crippen molar-refractivity contribution >= 4 is 23.0 Å². The summed E-state index contributed by atoms with van der Waals surface area (Å²) in [6.07, 6.45) is 2.53. The Balaban J connectivity index is 1.34. The molecule has 4 atom stereocenters. The molecular formula is C29H29N7O5. The summed E-state index contributed by atoms with van der Waals surface area (Å²) >= 11 is 0. The van der Waals surface area contributed by atoms with Crippen LogP contribution in [-0.2, 0) is 6.61 Å². The maximum atomic E-state index is 12.0. The lowest BCUT2D eigenvalue weighted by Gasteiger charge is -2.20. The average Bonchev–Trinajstić information content (AvgIpc) is 3.72. The van der Waals surface area contributed by atoms with Crippen LogP contribution in [0.25, 0.3) is 11.2 Å². The Kier molecular flexibility index (Phi) is 7.18. The van der Waals surface area contributed by atoms with E-state index in [1.54, 1.807) is 10.8 Å². The van der Waals surface area contributed by atoms with Crippen molar-refractivity contribution in [2.75, 3.05) is 11.9 Å². The summed E-state index contributed by atoms with van der Waals surface area (Å²) in [4.78, 5) is 25.0. The maximum absolute atomic E-state index is 12.0. The molecule has 5 aromatic rings. The van der Waals surface area contributed by atoms with Gasteiger partial charge >= 0.3 is 5.97 Å². The number of anilines is 1. The van der Waals surface area contributed by atoms with E-state index >= 15 is 0 Å². The van der Waals surface area contributed by atoms with Crippen LogP contribution in [0.3, 0.4) is 0 Å². The van der Waals surface area contributed by atoms with Crippen LogP contribution < -0.4 is 5.32 Å². The smallest absolute Gasteiger partial charge is 0.374 e. The number of aliphatic hydroxyl groups is 3. The van der Waals surface area contributed by atoms with Crippen LogP contribution in [-0.4, -0.2) is 74.4 Å². The average molecular weight is 556 g/mol. The highest BCUT2D eigenvalue weighted by atomic mass is 16.4. The van der Waals surface area contributed by atoms with Crippen molar-refractivity contribution in [3.63, 3.8) is 0 Å². The first-order valence-electron chi connectivity index (χ1n) is 13.3. The molecule has 0 radical (unpaired) electrons. The third-order valence-corrected chi connectivity index (χ3v) is 7.65. The number of carboxylic acid groups (broad SMARTS) is 1. The highest BCUT2D eigenvalue weighted by Crippen LogP contribution is 2.40. The van der Waals surface area contributed by atoms with Crippen LogP contribution in [0.1, 0.15) is 51.7 Å². The number of carboxylic acids is 1. The van der Waals surface area contributed by atoms with E-state index in [1.807, 2.05) is 60.7 Å². The lowest BCUT2D eigenvalue weighted by atomic mass is 9.91. The number of fused-ring (bicyclic) bond motifs is 1. The largest absolute Gasteiger partial charge is 0.475 e. The molecule has 0 saturated heterocycles. The minimum absolute atomic E-state index is 0.0526.